The summed E-state index contributed by atoms with van der Waals surface area (Å²) < 4.78 is 5.46. The maximum Gasteiger partial charge on any atom is 0.221 e. The summed E-state index contributed by atoms with van der Waals surface area (Å²) in [5, 5.41) is 9.53. The Morgan fingerprint density at radius 1 is 1.15 bits per heavy atom. The fourth-order valence-corrected chi connectivity index (χ4v) is 2.93. The Morgan fingerprint density at radius 3 is 2.42 bits per heavy atom. The second-order valence-electron chi connectivity index (χ2n) is 7.23. The van der Waals surface area contributed by atoms with Crippen LogP contribution in [0.25, 0.3) is 0 Å². The molecule has 1 saturated heterocycles. The lowest BCUT2D eigenvalue weighted by Crippen LogP contribution is -2.48. The SMILES string of the molecule is CCNC(=NCC(C(C)C)N1CCOCC1)NCCC(=O)NC(C)CC. The number of ether oxygens (including phenoxy) is 1. The first-order valence-corrected chi connectivity index (χ1v) is 10.1. The lowest BCUT2D eigenvalue weighted by molar-refractivity contribution is -0.121. The number of carbonyl (C=O) groups is 1. The number of amides is 1. The highest BCUT2D eigenvalue weighted by molar-refractivity contribution is 5.81. The van der Waals surface area contributed by atoms with Crippen LogP contribution in [0.2, 0.25) is 0 Å². The van der Waals surface area contributed by atoms with Gasteiger partial charge in [-0.15, -0.1) is 0 Å². The van der Waals surface area contributed by atoms with Crippen LogP contribution in [0.1, 0.15) is 47.5 Å². The summed E-state index contributed by atoms with van der Waals surface area (Å²) in [6, 6.07) is 0.632. The van der Waals surface area contributed by atoms with Crippen LogP contribution in [0.4, 0.5) is 0 Å². The Balaban J connectivity index is 2.50. The van der Waals surface area contributed by atoms with Crippen LogP contribution in [0.3, 0.4) is 0 Å². The van der Waals surface area contributed by atoms with Crippen LogP contribution in [0.5, 0.6) is 0 Å². The summed E-state index contributed by atoms with van der Waals surface area (Å²) in [5.41, 5.74) is 0. The highest BCUT2D eigenvalue weighted by Gasteiger charge is 2.23. The summed E-state index contributed by atoms with van der Waals surface area (Å²) in [6.45, 7) is 16.3. The third-order valence-electron chi connectivity index (χ3n) is 4.73. The molecule has 7 nitrogen and oxygen atoms in total. The summed E-state index contributed by atoms with van der Waals surface area (Å²) >= 11 is 0. The molecular weight excluding hydrogens is 330 g/mol. The maximum atomic E-state index is 11.9. The first-order valence-electron chi connectivity index (χ1n) is 10.1. The van der Waals surface area contributed by atoms with Gasteiger partial charge in [0.2, 0.25) is 5.91 Å². The van der Waals surface area contributed by atoms with Crippen molar-refractivity contribution in [1.29, 1.82) is 0 Å². The number of hydrogen-bond donors (Lipinski definition) is 3. The largest absolute Gasteiger partial charge is 0.379 e. The third kappa shape index (κ3) is 8.85. The van der Waals surface area contributed by atoms with E-state index >= 15 is 0 Å². The predicted octanol–water partition coefficient (Wildman–Crippen LogP) is 1.20. The molecule has 0 aliphatic carbocycles. The second kappa shape index (κ2) is 12.9. The van der Waals surface area contributed by atoms with E-state index in [2.05, 4.69) is 48.5 Å². The average molecular weight is 370 g/mol. The maximum absolute atomic E-state index is 11.9. The smallest absolute Gasteiger partial charge is 0.221 e. The van der Waals surface area contributed by atoms with Crippen LogP contribution < -0.4 is 16.0 Å². The molecule has 1 rings (SSSR count). The molecule has 26 heavy (non-hydrogen) atoms. The zero-order valence-corrected chi connectivity index (χ0v) is 17.3. The molecule has 1 heterocycles. The molecule has 0 saturated carbocycles. The lowest BCUT2D eigenvalue weighted by atomic mass is 10.0. The van der Waals surface area contributed by atoms with E-state index in [0.717, 1.165) is 51.8 Å². The number of nitrogens with zero attached hydrogens (tertiary/aromatic N) is 2. The molecule has 1 amide bonds. The molecule has 7 heteroatoms. The van der Waals surface area contributed by atoms with Crippen molar-refractivity contribution < 1.29 is 9.53 Å². The van der Waals surface area contributed by atoms with Crippen molar-refractivity contribution in [3.63, 3.8) is 0 Å². The molecule has 0 spiro atoms. The van der Waals surface area contributed by atoms with Crippen LogP contribution in [0.15, 0.2) is 4.99 Å². The molecule has 3 N–H and O–H groups in total. The van der Waals surface area contributed by atoms with E-state index in [-0.39, 0.29) is 11.9 Å². The van der Waals surface area contributed by atoms with E-state index in [0.29, 0.717) is 24.9 Å². The van der Waals surface area contributed by atoms with Gasteiger partial charge in [-0.05, 0) is 26.2 Å². The Morgan fingerprint density at radius 2 is 1.85 bits per heavy atom. The van der Waals surface area contributed by atoms with Gasteiger partial charge in [0.25, 0.3) is 0 Å². The number of nitrogens with one attached hydrogen (secondary N) is 3. The number of hydrogen-bond acceptors (Lipinski definition) is 4. The summed E-state index contributed by atoms with van der Waals surface area (Å²) in [7, 11) is 0. The van der Waals surface area contributed by atoms with E-state index < -0.39 is 0 Å². The van der Waals surface area contributed by atoms with Crippen molar-refractivity contribution in [1.82, 2.24) is 20.9 Å². The van der Waals surface area contributed by atoms with Gasteiger partial charge in [-0.25, -0.2) is 0 Å². The molecule has 1 aliphatic heterocycles. The number of carbonyl (C=O) groups excluding carboxylic acids is 1. The van der Waals surface area contributed by atoms with Gasteiger partial charge in [-0.3, -0.25) is 14.7 Å². The highest BCUT2D eigenvalue weighted by atomic mass is 16.5. The fourth-order valence-electron chi connectivity index (χ4n) is 2.93. The van der Waals surface area contributed by atoms with Crippen molar-refractivity contribution in [2.24, 2.45) is 10.9 Å². The van der Waals surface area contributed by atoms with Crippen LogP contribution >= 0.6 is 0 Å². The minimum atomic E-state index is 0.0797. The Bertz CT molecular complexity index is 422. The third-order valence-corrected chi connectivity index (χ3v) is 4.73. The Labute approximate surface area is 159 Å². The standard InChI is InChI=1S/C19H39N5O2/c1-6-16(5)23-18(25)8-9-21-19(20-7-2)22-14-17(15(3)4)24-10-12-26-13-11-24/h15-17H,6-14H2,1-5H3,(H,23,25)(H2,20,21,22). The lowest BCUT2D eigenvalue weighted by Gasteiger charge is -2.36. The zero-order chi connectivity index (χ0) is 19.4. The van der Waals surface area contributed by atoms with Gasteiger partial charge < -0.3 is 20.7 Å². The fraction of sp³-hybridized carbons (Fsp3) is 0.895. The van der Waals surface area contributed by atoms with Crippen molar-refractivity contribution in [3.05, 3.63) is 0 Å². The summed E-state index contributed by atoms with van der Waals surface area (Å²) in [6.07, 6.45) is 1.40. The van der Waals surface area contributed by atoms with Crippen molar-refractivity contribution in [2.45, 2.75) is 59.5 Å². The van der Waals surface area contributed by atoms with E-state index in [4.69, 9.17) is 9.73 Å². The normalized spacial score (nSPS) is 18.5. The molecular formula is C19H39N5O2. The number of morpholine rings is 1. The quantitative estimate of drug-likeness (QED) is 0.398. The molecule has 1 aliphatic rings. The molecule has 0 aromatic carbocycles. The average Bonchev–Trinajstić information content (AvgIpc) is 2.62. The molecule has 0 radical (unpaired) electrons. The molecule has 152 valence electrons. The number of rotatable bonds is 10. The van der Waals surface area contributed by atoms with Gasteiger partial charge >= 0.3 is 0 Å². The number of aliphatic imine (C=N–C) groups is 1. The van der Waals surface area contributed by atoms with Gasteiger partial charge in [-0.2, -0.15) is 0 Å². The van der Waals surface area contributed by atoms with E-state index in [1.54, 1.807) is 0 Å². The molecule has 2 unspecified atom stereocenters. The van der Waals surface area contributed by atoms with Gasteiger partial charge in [0.15, 0.2) is 5.96 Å². The molecule has 1 fully saturated rings. The predicted molar refractivity (Wildman–Crippen MR) is 108 cm³/mol. The Hall–Kier alpha value is -1.34. The summed E-state index contributed by atoms with van der Waals surface area (Å²) in [5.74, 6) is 1.39. The van der Waals surface area contributed by atoms with E-state index in [1.165, 1.54) is 0 Å². The molecule has 0 aromatic rings. The van der Waals surface area contributed by atoms with Crippen molar-refractivity contribution in [3.8, 4) is 0 Å². The number of guanidine groups is 1. The van der Waals surface area contributed by atoms with Crippen LogP contribution in [-0.2, 0) is 9.53 Å². The second-order valence-corrected chi connectivity index (χ2v) is 7.23. The van der Waals surface area contributed by atoms with E-state index in [9.17, 15) is 4.79 Å². The highest BCUT2D eigenvalue weighted by Crippen LogP contribution is 2.13. The zero-order valence-electron chi connectivity index (χ0n) is 17.3. The van der Waals surface area contributed by atoms with Gasteiger partial charge in [0.1, 0.15) is 0 Å². The monoisotopic (exact) mass is 369 g/mol. The van der Waals surface area contributed by atoms with Crippen LogP contribution in [0, 0.1) is 5.92 Å². The molecule has 0 bridgehead atoms. The van der Waals surface area contributed by atoms with Crippen molar-refractivity contribution >= 4 is 11.9 Å². The Kier molecular flexibility index (Phi) is 11.3. The molecule has 0 aromatic heterocycles. The first-order chi connectivity index (χ1) is 12.5. The minimum absolute atomic E-state index is 0.0797. The first kappa shape index (κ1) is 22.7. The molecule has 2 atom stereocenters. The summed E-state index contributed by atoms with van der Waals surface area (Å²) in [4.78, 5) is 19.1. The van der Waals surface area contributed by atoms with Crippen LogP contribution in [-0.4, -0.2) is 74.8 Å². The van der Waals surface area contributed by atoms with E-state index in [1.807, 2.05) is 6.92 Å². The van der Waals surface area contributed by atoms with Gasteiger partial charge in [-0.1, -0.05) is 20.8 Å². The van der Waals surface area contributed by atoms with Crippen molar-refractivity contribution in [2.75, 3.05) is 45.9 Å². The topological polar surface area (TPSA) is 78.0 Å². The minimum Gasteiger partial charge on any atom is -0.379 e. The van der Waals surface area contributed by atoms with Gasteiger partial charge in [0, 0.05) is 44.7 Å². The van der Waals surface area contributed by atoms with Gasteiger partial charge in [0.05, 0.1) is 19.8 Å².